The second-order valence-electron chi connectivity index (χ2n) is 1.25. The second-order valence-corrected chi connectivity index (χ2v) is 1.25. The summed E-state index contributed by atoms with van der Waals surface area (Å²) in [6.45, 7) is 1.17. The van der Waals surface area contributed by atoms with Gasteiger partial charge in [0.15, 0.2) is 0 Å². The summed E-state index contributed by atoms with van der Waals surface area (Å²) < 4.78 is 51.8. The van der Waals surface area contributed by atoms with Crippen LogP contribution in [0.3, 0.4) is 0 Å². The van der Waals surface area contributed by atoms with E-state index in [-0.39, 0.29) is 5.56 Å². The van der Waals surface area contributed by atoms with E-state index in [9.17, 15) is 0 Å². The smallest absolute Gasteiger partial charge is 0.0622 e. The zero-order valence-electron chi connectivity index (χ0n) is 11.5. The second kappa shape index (κ2) is 2.51. The van der Waals surface area contributed by atoms with E-state index in [4.69, 9.17) is 9.60 Å². The molecule has 8 heavy (non-hydrogen) atoms. The van der Waals surface area contributed by atoms with Crippen LogP contribution in [0.25, 0.3) is 0 Å². The van der Waals surface area contributed by atoms with E-state index in [0.29, 0.717) is 0 Å². The number of rotatable bonds is 1. The standard InChI is InChI=1S/C8H10/c1-2-8-6-4-3-5-7-8/h3-7H,2H2,1H3/i2D2,3D,4D,5D,6D,7D. The van der Waals surface area contributed by atoms with Gasteiger partial charge in [0.25, 0.3) is 0 Å². The SMILES string of the molecule is [2H]c1c([2H])c([2H])c(C([2H])([2H])C)c([2H])c1[2H]. The molecule has 0 atom stereocenters. The van der Waals surface area contributed by atoms with Crippen LogP contribution in [-0.4, -0.2) is 0 Å². The molecule has 0 heterocycles. The molecule has 0 aliphatic carbocycles. The quantitative estimate of drug-likeness (QED) is 0.524. The highest BCUT2D eigenvalue weighted by Crippen LogP contribution is 1.96. The lowest BCUT2D eigenvalue weighted by Gasteiger charge is -1.89. The Hall–Kier alpha value is -0.780. The van der Waals surface area contributed by atoms with Gasteiger partial charge in [-0.15, -0.1) is 0 Å². The van der Waals surface area contributed by atoms with Crippen molar-refractivity contribution in [2.75, 3.05) is 0 Å². The predicted molar refractivity (Wildman–Crippen MR) is 35.8 cm³/mol. The highest BCUT2D eigenvalue weighted by molar-refractivity contribution is 5.13. The summed E-state index contributed by atoms with van der Waals surface area (Å²) in [6, 6.07) is -2.46. The topological polar surface area (TPSA) is 0 Å². The Morgan fingerprint density at radius 2 is 2.12 bits per heavy atom. The molecule has 1 rings (SSSR count). The number of hydrogen-bond donors (Lipinski definition) is 0. The van der Waals surface area contributed by atoms with E-state index in [1.807, 2.05) is 0 Å². The molecule has 0 nitrogen and oxygen atoms in total. The third-order valence-electron chi connectivity index (χ3n) is 0.750. The molecule has 0 spiro atoms. The van der Waals surface area contributed by atoms with Crippen LogP contribution in [0, 0.1) is 0 Å². The molecule has 0 unspecified atom stereocenters. The summed E-state index contributed by atoms with van der Waals surface area (Å²) in [5, 5.41) is 0. The summed E-state index contributed by atoms with van der Waals surface area (Å²) in [5.74, 6) is 0. The van der Waals surface area contributed by atoms with Gasteiger partial charge in [-0.2, -0.15) is 0 Å². The lowest BCUT2D eigenvalue weighted by atomic mass is 10.2. The maximum absolute atomic E-state index is 7.48. The van der Waals surface area contributed by atoms with Crippen molar-refractivity contribution in [2.45, 2.75) is 13.3 Å². The van der Waals surface area contributed by atoms with Crippen LogP contribution in [0.2, 0.25) is 0 Å². The molecule has 0 aliphatic heterocycles. The largest absolute Gasteiger partial charge is 0.0626 e. The van der Waals surface area contributed by atoms with Gasteiger partial charge in [0.1, 0.15) is 0 Å². The third kappa shape index (κ3) is 1.09. The molecule has 0 N–H and O–H groups in total. The van der Waals surface area contributed by atoms with Gasteiger partial charge >= 0.3 is 0 Å². The Kier molecular flexibility index (Phi) is 0.433. The summed E-state index contributed by atoms with van der Waals surface area (Å²) in [4.78, 5) is 0. The molecule has 0 saturated heterocycles. The van der Waals surface area contributed by atoms with E-state index < -0.39 is 36.6 Å². The van der Waals surface area contributed by atoms with Crippen LogP contribution in [0.1, 0.15) is 22.1 Å². The fraction of sp³-hybridized carbons (Fsp3) is 0.250. The van der Waals surface area contributed by atoms with E-state index in [1.165, 1.54) is 6.92 Å². The van der Waals surface area contributed by atoms with Crippen LogP contribution in [-0.2, 0) is 6.37 Å². The summed E-state index contributed by atoms with van der Waals surface area (Å²) in [7, 11) is 0. The average molecular weight is 113 g/mol. The highest BCUT2D eigenvalue weighted by Gasteiger charge is 1.79. The van der Waals surface area contributed by atoms with Gasteiger partial charge in [-0.3, -0.25) is 0 Å². The fourth-order valence-corrected chi connectivity index (χ4v) is 0.375. The normalized spacial score (nSPS) is 23.4. The van der Waals surface area contributed by atoms with Crippen molar-refractivity contribution < 1.29 is 9.60 Å². The number of hydrogen-bond acceptors (Lipinski definition) is 0. The molecule has 0 bridgehead atoms. The zero-order chi connectivity index (χ0) is 12.0. The van der Waals surface area contributed by atoms with Crippen LogP contribution in [0.15, 0.2) is 30.2 Å². The molecule has 1 aromatic carbocycles. The Balaban J connectivity index is 3.68. The van der Waals surface area contributed by atoms with Crippen molar-refractivity contribution >= 4 is 0 Å². The molecule has 1 aromatic rings. The molecule has 0 heteroatoms. The van der Waals surface area contributed by atoms with Gasteiger partial charge < -0.3 is 0 Å². The fourth-order valence-electron chi connectivity index (χ4n) is 0.375. The van der Waals surface area contributed by atoms with E-state index in [0.717, 1.165) is 0 Å². The molecule has 0 aromatic heterocycles. The monoisotopic (exact) mass is 113 g/mol. The molecule has 0 fully saturated rings. The van der Waals surface area contributed by atoms with Crippen molar-refractivity contribution in [3.05, 3.63) is 35.8 Å². The van der Waals surface area contributed by atoms with E-state index in [1.54, 1.807) is 0 Å². The summed E-state index contributed by atoms with van der Waals surface area (Å²) in [6.07, 6.45) is -1.95. The molecule has 0 amide bonds. The van der Waals surface area contributed by atoms with Crippen molar-refractivity contribution in [2.24, 2.45) is 0 Å². The maximum atomic E-state index is 7.48. The lowest BCUT2D eigenvalue weighted by molar-refractivity contribution is 1.14. The van der Waals surface area contributed by atoms with Gasteiger partial charge in [-0.25, -0.2) is 0 Å². The molecular weight excluding hydrogens is 96.1 g/mol. The van der Waals surface area contributed by atoms with Crippen molar-refractivity contribution in [1.82, 2.24) is 0 Å². The molecular formula is C8H10. The first-order valence-electron chi connectivity index (χ1n) is 5.75. The molecule has 0 radical (unpaired) electrons. The van der Waals surface area contributed by atoms with Gasteiger partial charge in [0, 0.05) is 2.74 Å². The minimum absolute atomic E-state index is 0.298. The van der Waals surface area contributed by atoms with Crippen LogP contribution >= 0.6 is 0 Å². The Morgan fingerprint density at radius 3 is 2.62 bits per heavy atom. The molecule has 0 saturated carbocycles. The minimum Gasteiger partial charge on any atom is -0.0622 e. The average Bonchev–Trinajstić information content (AvgIpc) is 2.09. The van der Waals surface area contributed by atoms with Gasteiger partial charge in [-0.05, 0) is 11.9 Å². The highest BCUT2D eigenvalue weighted by atomic mass is 13.9. The van der Waals surface area contributed by atoms with E-state index >= 15 is 0 Å². The Bertz CT molecular complexity index is 375. The molecule has 0 aliphatic rings. The van der Waals surface area contributed by atoms with E-state index in [2.05, 4.69) is 0 Å². The zero-order valence-corrected chi connectivity index (χ0v) is 4.50. The van der Waals surface area contributed by atoms with Crippen LogP contribution in [0.5, 0.6) is 0 Å². The van der Waals surface area contributed by atoms with Crippen molar-refractivity contribution in [3.63, 3.8) is 0 Å². The third-order valence-corrected chi connectivity index (χ3v) is 0.750. The maximum Gasteiger partial charge on any atom is 0.0626 e. The van der Waals surface area contributed by atoms with Gasteiger partial charge in [-0.1, -0.05) is 37.1 Å². The van der Waals surface area contributed by atoms with Gasteiger partial charge in [0.2, 0.25) is 0 Å². The van der Waals surface area contributed by atoms with Crippen molar-refractivity contribution in [3.8, 4) is 0 Å². The Morgan fingerprint density at radius 1 is 1.50 bits per heavy atom. The Labute approximate surface area is 60.0 Å². The first kappa shape index (κ1) is 1.38. The van der Waals surface area contributed by atoms with Crippen LogP contribution < -0.4 is 0 Å². The summed E-state index contributed by atoms with van der Waals surface area (Å²) >= 11 is 0. The first-order chi connectivity index (χ1) is 6.68. The molecule has 42 valence electrons. The van der Waals surface area contributed by atoms with Gasteiger partial charge in [0.05, 0.1) is 6.85 Å². The lowest BCUT2D eigenvalue weighted by Crippen LogP contribution is -1.73. The first-order valence-corrected chi connectivity index (χ1v) is 2.25. The predicted octanol–water partition coefficient (Wildman–Crippen LogP) is 2.25. The minimum atomic E-state index is -1.95. The van der Waals surface area contributed by atoms with Crippen molar-refractivity contribution in [1.29, 1.82) is 0 Å². The summed E-state index contributed by atoms with van der Waals surface area (Å²) in [5.41, 5.74) is -0.298. The van der Waals surface area contributed by atoms with Crippen LogP contribution in [0.4, 0.5) is 0 Å². The number of benzene rings is 1.